The van der Waals surface area contributed by atoms with Gasteiger partial charge in [0.05, 0.1) is 33.4 Å². The molecule has 0 bridgehead atoms. The number of hydrogen-bond acceptors (Lipinski definition) is 11. The molecule has 0 aliphatic carbocycles. The van der Waals surface area contributed by atoms with Crippen molar-refractivity contribution in [2.75, 3.05) is 0 Å². The Morgan fingerprint density at radius 2 is 0.946 bits per heavy atom. The molecule has 2 heterocycles. The van der Waals surface area contributed by atoms with Gasteiger partial charge in [0, 0.05) is 11.6 Å². The minimum Gasteiger partial charge on any atom is -0.423 e. The average molecular weight is 496 g/mol. The third kappa shape index (κ3) is 4.27. The molecule has 178 valence electrons. The molecule has 0 N–H and O–H groups in total. The van der Waals surface area contributed by atoms with Gasteiger partial charge in [0.25, 0.3) is 0 Å². The van der Waals surface area contributed by atoms with Gasteiger partial charge < -0.3 is 23.7 Å². The molecule has 0 amide bonds. The molecule has 0 aromatic heterocycles. The summed E-state index contributed by atoms with van der Waals surface area (Å²) in [6.07, 6.45) is 0. The molecule has 0 saturated heterocycles. The first-order valence-electron chi connectivity index (χ1n) is 10.3. The van der Waals surface area contributed by atoms with Crippen molar-refractivity contribution in [3.63, 3.8) is 0 Å². The summed E-state index contributed by atoms with van der Waals surface area (Å²) in [6, 6.07) is 10.5. The maximum atomic E-state index is 12.6. The number of fused-ring (bicyclic) bond motifs is 2. The molecule has 2 radical (unpaired) electrons. The summed E-state index contributed by atoms with van der Waals surface area (Å²) in [4.78, 5) is 83.7. The van der Waals surface area contributed by atoms with Crippen LogP contribution in [0.4, 0.5) is 0 Å². The van der Waals surface area contributed by atoms with Crippen LogP contribution in [0.25, 0.3) is 0 Å². The lowest BCUT2D eigenvalue weighted by atomic mass is 9.94. The summed E-state index contributed by atoms with van der Waals surface area (Å²) in [7, 11) is 5.33. The van der Waals surface area contributed by atoms with E-state index in [4.69, 9.17) is 17.3 Å². The van der Waals surface area contributed by atoms with Crippen molar-refractivity contribution < 1.29 is 52.5 Å². The number of rotatable bonds is 5. The van der Waals surface area contributed by atoms with Gasteiger partial charge in [-0.3, -0.25) is 0 Å². The number of carbonyl (C=O) groups excluding carboxylic acids is 7. The molecule has 5 rings (SSSR count). The Morgan fingerprint density at radius 1 is 0.541 bits per heavy atom. The highest BCUT2D eigenvalue weighted by Crippen LogP contribution is 2.27. The van der Waals surface area contributed by atoms with E-state index in [1.165, 1.54) is 24.3 Å². The smallest absolute Gasteiger partial charge is 0.346 e. The van der Waals surface area contributed by atoms with E-state index in [1.807, 2.05) is 0 Å². The maximum Gasteiger partial charge on any atom is 0.346 e. The molecule has 2 aliphatic rings. The van der Waals surface area contributed by atoms with Crippen molar-refractivity contribution in [1.29, 1.82) is 0 Å². The van der Waals surface area contributed by atoms with Crippen molar-refractivity contribution in [2.24, 2.45) is 0 Å². The zero-order valence-electron chi connectivity index (χ0n) is 18.3. The lowest BCUT2D eigenvalue weighted by Gasteiger charge is -2.10. The van der Waals surface area contributed by atoms with Gasteiger partial charge in [-0.25, -0.2) is 28.8 Å². The second kappa shape index (κ2) is 8.68. The minimum atomic E-state index is -0.962. The molecule has 0 spiro atoms. The van der Waals surface area contributed by atoms with Crippen molar-refractivity contribution in [1.82, 2.24) is 0 Å². The second-order valence-electron chi connectivity index (χ2n) is 7.71. The number of carbonyl (C=O) groups is 7. The highest BCUT2D eigenvalue weighted by atomic mass is 16.6. The molecule has 0 unspecified atom stereocenters. The Morgan fingerprint density at radius 3 is 1.35 bits per heavy atom. The van der Waals surface area contributed by atoms with Crippen molar-refractivity contribution in [2.45, 2.75) is 0 Å². The topological polar surface area (TPSA) is 156 Å². The lowest BCUT2D eigenvalue weighted by molar-refractivity contribution is 0.0425. The molecule has 3 aromatic carbocycles. The largest absolute Gasteiger partial charge is 0.423 e. The number of esters is 6. The Labute approximate surface area is 207 Å². The van der Waals surface area contributed by atoms with Crippen LogP contribution in [-0.4, -0.2) is 49.3 Å². The van der Waals surface area contributed by atoms with Crippen LogP contribution in [-0.2, 0) is 9.47 Å². The summed E-state index contributed by atoms with van der Waals surface area (Å²) in [5, 5.41) is 0. The molecule has 37 heavy (non-hydrogen) atoms. The van der Waals surface area contributed by atoms with Crippen LogP contribution in [0.5, 0.6) is 11.5 Å². The number of benzene rings is 3. The van der Waals surface area contributed by atoms with E-state index in [0.29, 0.717) is 0 Å². The van der Waals surface area contributed by atoms with Gasteiger partial charge >= 0.3 is 35.8 Å². The summed E-state index contributed by atoms with van der Waals surface area (Å²) >= 11 is 0. The number of cyclic esters (lactones) is 4. The van der Waals surface area contributed by atoms with Crippen molar-refractivity contribution in [3.8, 4) is 11.5 Å². The summed E-state index contributed by atoms with van der Waals surface area (Å²) in [6.45, 7) is 0. The summed E-state index contributed by atoms with van der Waals surface area (Å²) < 4.78 is 19.5. The number of ether oxygens (including phenoxy) is 4. The molecule has 3 aromatic rings. The summed E-state index contributed by atoms with van der Waals surface area (Å²) in [5.74, 6) is -5.89. The normalized spacial score (nSPS) is 13.4. The van der Waals surface area contributed by atoms with Crippen LogP contribution in [0.15, 0.2) is 54.6 Å². The minimum absolute atomic E-state index is 0.00402. The predicted octanol–water partition coefficient (Wildman–Crippen LogP) is 2.05. The van der Waals surface area contributed by atoms with E-state index in [-0.39, 0.29) is 50.4 Å². The van der Waals surface area contributed by atoms with Gasteiger partial charge in [0.1, 0.15) is 17.2 Å². The molecule has 2 aliphatic heterocycles. The highest BCUT2D eigenvalue weighted by Gasteiger charge is 2.32. The average Bonchev–Trinajstić information content (AvgIpc) is 3.31. The SMILES string of the molecule is [B]C(=O)c1cc(OC(=O)c2ccc3c(c2)C(=O)OC3=O)cc(OC(=O)c2ccc3c(c2)C(=O)OC3=O)c1. The zero-order chi connectivity index (χ0) is 26.4. The third-order valence-electron chi connectivity index (χ3n) is 5.35. The second-order valence-corrected chi connectivity index (χ2v) is 7.71. The van der Waals surface area contributed by atoms with Gasteiger partial charge in [-0.05, 0) is 48.5 Å². The van der Waals surface area contributed by atoms with Gasteiger partial charge in [-0.2, -0.15) is 0 Å². The quantitative estimate of drug-likeness (QED) is 0.220. The molecule has 0 saturated carbocycles. The Hall–Kier alpha value is -5.39. The van der Waals surface area contributed by atoms with E-state index in [1.54, 1.807) is 0 Å². The Bertz CT molecular complexity index is 1510. The fraction of sp³-hybridized carbons (Fsp3) is 0. The number of hydrogen-bond donors (Lipinski definition) is 0. The fourth-order valence-corrected chi connectivity index (χ4v) is 3.59. The first-order chi connectivity index (χ1) is 17.6. The van der Waals surface area contributed by atoms with Crippen molar-refractivity contribution >= 4 is 49.3 Å². The first-order valence-corrected chi connectivity index (χ1v) is 10.3. The fourth-order valence-electron chi connectivity index (χ4n) is 3.59. The highest BCUT2D eigenvalue weighted by molar-refractivity contribution is 6.62. The monoisotopic (exact) mass is 496 g/mol. The standard InChI is InChI=1S/C25H9BO11/c26-19(27)12-5-13(34-20(28)10-1-3-15-17(7-10)24(32)36-22(15)30)9-14(6-12)35-21(29)11-2-4-16-18(8-11)25(33)37-23(16)31/h1-9H. The lowest BCUT2D eigenvalue weighted by Crippen LogP contribution is -2.12. The summed E-state index contributed by atoms with van der Waals surface area (Å²) in [5.41, 5.74) is -1.53. The Kier molecular flexibility index (Phi) is 5.48. The van der Waals surface area contributed by atoms with Crippen LogP contribution < -0.4 is 9.47 Å². The third-order valence-corrected chi connectivity index (χ3v) is 5.35. The van der Waals surface area contributed by atoms with E-state index >= 15 is 0 Å². The van der Waals surface area contributed by atoms with E-state index in [0.717, 1.165) is 30.3 Å². The maximum absolute atomic E-state index is 12.6. The van der Waals surface area contributed by atoms with E-state index in [9.17, 15) is 33.6 Å². The zero-order valence-corrected chi connectivity index (χ0v) is 18.3. The van der Waals surface area contributed by atoms with Crippen LogP contribution in [0.1, 0.15) is 72.5 Å². The van der Waals surface area contributed by atoms with Crippen LogP contribution in [0.3, 0.4) is 0 Å². The molecule has 0 atom stereocenters. The first kappa shape index (κ1) is 23.4. The van der Waals surface area contributed by atoms with Gasteiger partial charge in [0.15, 0.2) is 7.85 Å². The molecular weight excluding hydrogens is 487 g/mol. The Balaban J connectivity index is 1.40. The van der Waals surface area contributed by atoms with Crippen molar-refractivity contribution in [3.05, 3.63) is 93.5 Å². The van der Waals surface area contributed by atoms with Crippen LogP contribution in [0, 0.1) is 0 Å². The molecule has 12 heteroatoms. The molecule has 0 fully saturated rings. The van der Waals surface area contributed by atoms with Gasteiger partial charge in [0.2, 0.25) is 0 Å². The van der Waals surface area contributed by atoms with E-state index < -0.39 is 41.5 Å². The molecule has 11 nitrogen and oxygen atoms in total. The molecular formula is C25H9BO11. The van der Waals surface area contributed by atoms with Gasteiger partial charge in [-0.1, -0.05) is 0 Å². The predicted molar refractivity (Wildman–Crippen MR) is 119 cm³/mol. The van der Waals surface area contributed by atoms with E-state index in [2.05, 4.69) is 9.47 Å². The van der Waals surface area contributed by atoms with Crippen LogP contribution in [0.2, 0.25) is 0 Å². The van der Waals surface area contributed by atoms with Crippen LogP contribution >= 0.6 is 0 Å². The van der Waals surface area contributed by atoms with Gasteiger partial charge in [-0.15, -0.1) is 0 Å².